The third-order valence-corrected chi connectivity index (χ3v) is 15.0. The molecule has 0 spiro atoms. The molecule has 0 aliphatic carbocycles. The molecule has 2 saturated heterocycles. The number of rotatable bonds is 20. The lowest BCUT2D eigenvalue weighted by atomic mass is 9.80. The van der Waals surface area contributed by atoms with Crippen molar-refractivity contribution in [1.29, 1.82) is 0 Å². The van der Waals surface area contributed by atoms with Gasteiger partial charge in [0.15, 0.2) is 12.6 Å². The molecule has 1 N–H and O–H groups in total. The quantitative estimate of drug-likeness (QED) is 0.116. The van der Waals surface area contributed by atoms with Crippen molar-refractivity contribution in [2.24, 2.45) is 35.5 Å². The second-order valence-electron chi connectivity index (χ2n) is 22.6. The van der Waals surface area contributed by atoms with Crippen LogP contribution in [0.15, 0.2) is 22.7 Å². The molecule has 0 radical (unpaired) electrons. The Morgan fingerprint density at radius 3 is 1.28 bits per heavy atom. The summed E-state index contributed by atoms with van der Waals surface area (Å²) < 4.78 is 61.8. The molecule has 15 heteroatoms. The minimum Gasteiger partial charge on any atom is -0.456 e. The molecule has 0 aromatic carbocycles. The summed E-state index contributed by atoms with van der Waals surface area (Å²) in [6.45, 7) is 33.5. The summed E-state index contributed by atoms with van der Waals surface area (Å²) in [6, 6.07) is 0.643. The van der Waals surface area contributed by atoms with Gasteiger partial charge >= 0.3 is 11.9 Å². The van der Waals surface area contributed by atoms with Gasteiger partial charge in [-0.3, -0.25) is 0 Å². The smallest absolute Gasteiger partial charge is 0.340 e. The number of ether oxygens (including phenoxy) is 10. The van der Waals surface area contributed by atoms with Crippen LogP contribution in [-0.4, -0.2) is 148 Å². The number of nitrogens with zero attached hydrogens (tertiary/aromatic N) is 2. The Balaban J connectivity index is 0.000000360. The molecule has 0 amide bonds. The van der Waals surface area contributed by atoms with E-state index < -0.39 is 53.5 Å². The van der Waals surface area contributed by atoms with E-state index in [2.05, 4.69) is 86.5 Å². The number of methoxy groups -OCH3 is 2. The third-order valence-electron chi connectivity index (χ3n) is 15.0. The Morgan fingerprint density at radius 2 is 0.985 bits per heavy atom. The van der Waals surface area contributed by atoms with E-state index in [1.165, 1.54) is 0 Å². The second-order valence-corrected chi connectivity index (χ2v) is 22.6. The van der Waals surface area contributed by atoms with E-state index in [0.29, 0.717) is 47.1 Å². The van der Waals surface area contributed by atoms with Gasteiger partial charge in [-0.25, -0.2) is 9.59 Å². The number of hydrogen-bond acceptors (Lipinski definition) is 15. The van der Waals surface area contributed by atoms with Gasteiger partial charge in [0.1, 0.15) is 11.5 Å². The molecular weight excluding hydrogens is 873 g/mol. The lowest BCUT2D eigenvalue weighted by Crippen LogP contribution is -2.56. The zero-order valence-corrected chi connectivity index (χ0v) is 46.6. The molecule has 0 aromatic rings. The Morgan fingerprint density at radius 1 is 0.647 bits per heavy atom. The monoisotopic (exact) mass is 969 g/mol. The summed E-state index contributed by atoms with van der Waals surface area (Å²) in [5.41, 5.74) is -0.499. The van der Waals surface area contributed by atoms with Gasteiger partial charge in [-0.05, 0) is 107 Å². The first kappa shape index (κ1) is 60.0. The molecular formula is C53H96N2O13. The molecule has 4 rings (SSSR count). The lowest BCUT2D eigenvalue weighted by molar-refractivity contribution is -0.285. The van der Waals surface area contributed by atoms with Crippen molar-refractivity contribution in [2.75, 3.05) is 49.0 Å². The Labute approximate surface area is 411 Å². The van der Waals surface area contributed by atoms with Gasteiger partial charge in [-0.2, -0.15) is 0 Å². The van der Waals surface area contributed by atoms with Crippen LogP contribution in [0, 0.1) is 35.5 Å². The van der Waals surface area contributed by atoms with E-state index in [1.807, 2.05) is 27.7 Å². The van der Waals surface area contributed by atoms with Crippen LogP contribution in [0.5, 0.6) is 0 Å². The Bertz CT molecular complexity index is 1590. The number of aliphatic hydroxyl groups excluding tert-OH is 1. The molecule has 2 fully saturated rings. The van der Waals surface area contributed by atoms with Gasteiger partial charge in [-0.15, -0.1) is 0 Å². The highest BCUT2D eigenvalue weighted by Crippen LogP contribution is 2.44. The predicted octanol–water partition coefficient (Wildman–Crippen LogP) is 8.85. The van der Waals surface area contributed by atoms with E-state index >= 15 is 0 Å². The molecule has 0 bridgehead atoms. The van der Waals surface area contributed by atoms with Crippen LogP contribution in [0.1, 0.15) is 150 Å². The summed E-state index contributed by atoms with van der Waals surface area (Å²) in [5.74, 6) is -1.64. The fraction of sp³-hybridized carbons (Fsp3) is 0.887. The minimum absolute atomic E-state index is 0.00912. The largest absolute Gasteiger partial charge is 0.456 e. The molecule has 0 saturated carbocycles. The molecule has 68 heavy (non-hydrogen) atoms. The number of aliphatic hydroxyl groups is 1. The van der Waals surface area contributed by atoms with Crippen molar-refractivity contribution in [3.05, 3.63) is 22.7 Å². The Hall–Kier alpha value is -2.34. The molecule has 2 unspecified atom stereocenters. The third kappa shape index (κ3) is 14.9. The average Bonchev–Trinajstić information content (AvgIpc) is 3.25. The highest BCUT2D eigenvalue weighted by atomic mass is 16.7. The second kappa shape index (κ2) is 24.4. The van der Waals surface area contributed by atoms with Gasteiger partial charge in [0.05, 0.1) is 46.8 Å². The van der Waals surface area contributed by atoms with Crippen LogP contribution in [0.3, 0.4) is 0 Å². The first-order chi connectivity index (χ1) is 31.3. The van der Waals surface area contributed by atoms with Crippen molar-refractivity contribution < 1.29 is 62.1 Å². The average molecular weight is 969 g/mol. The highest BCUT2D eigenvalue weighted by molar-refractivity contribution is 5.89. The van der Waals surface area contributed by atoms with Gasteiger partial charge in [-0.1, -0.05) is 54.9 Å². The van der Waals surface area contributed by atoms with Crippen LogP contribution < -0.4 is 0 Å². The first-order valence-electron chi connectivity index (χ1n) is 25.2. The van der Waals surface area contributed by atoms with Crippen molar-refractivity contribution >= 4 is 11.9 Å². The van der Waals surface area contributed by atoms with E-state index in [4.69, 9.17) is 47.4 Å². The molecule has 4 aliphatic heterocycles. The van der Waals surface area contributed by atoms with Crippen LogP contribution in [0.4, 0.5) is 0 Å². The highest BCUT2D eigenvalue weighted by Gasteiger charge is 2.51. The van der Waals surface area contributed by atoms with Crippen molar-refractivity contribution in [1.82, 2.24) is 9.80 Å². The van der Waals surface area contributed by atoms with E-state index in [1.54, 1.807) is 55.8 Å². The van der Waals surface area contributed by atoms with Crippen LogP contribution in [0.25, 0.3) is 0 Å². The van der Waals surface area contributed by atoms with Gasteiger partial charge in [0.25, 0.3) is 0 Å². The van der Waals surface area contributed by atoms with Crippen LogP contribution in [0.2, 0.25) is 0 Å². The summed E-state index contributed by atoms with van der Waals surface area (Å²) in [5, 5.41) is 9.78. The number of carbonyl (C=O) groups excluding carboxylic acids is 2. The van der Waals surface area contributed by atoms with Crippen LogP contribution >= 0.6 is 0 Å². The van der Waals surface area contributed by atoms with E-state index in [0.717, 1.165) is 25.7 Å². The fourth-order valence-electron chi connectivity index (χ4n) is 10.7. The predicted molar refractivity (Wildman–Crippen MR) is 263 cm³/mol. The summed E-state index contributed by atoms with van der Waals surface area (Å²) in [4.78, 5) is 29.7. The SMILES string of the molecule is CC[C@H](C)C[C@@](C)(OC)[C@H](O[C@@H]1O[C@H](C)CC(N(C)C)[C@H]1C)[C@@H](C)C1=C(C)C(=O)OC(C)(C)O1.CO[C@](C)(C[C@@H](C)CO)[C@H](O[C@@H]1O[C@H](C)CC(N(C)C)[C@H]1C)[C@@H](C)C1=C(C)C(=O)OC(C)(C)O1. The van der Waals surface area contributed by atoms with Gasteiger partial charge < -0.3 is 62.3 Å². The van der Waals surface area contributed by atoms with Crippen molar-refractivity contribution in [3.8, 4) is 0 Å². The zero-order chi connectivity index (χ0) is 52.0. The Kier molecular flexibility index (Phi) is 21.5. The maximum absolute atomic E-state index is 12.6. The fourth-order valence-corrected chi connectivity index (χ4v) is 10.7. The molecule has 396 valence electrons. The summed E-state index contributed by atoms with van der Waals surface area (Å²) in [6.07, 6.45) is 2.61. The lowest BCUT2D eigenvalue weighted by Gasteiger charge is -2.48. The number of cyclic esters (lactones) is 2. The molecule has 4 aliphatic rings. The van der Waals surface area contributed by atoms with Gasteiger partial charge in [0.2, 0.25) is 11.6 Å². The molecule has 0 aromatic heterocycles. The minimum atomic E-state index is -1.08. The molecule has 16 atom stereocenters. The summed E-state index contributed by atoms with van der Waals surface area (Å²) in [7, 11) is 11.8. The normalized spacial score (nSPS) is 32.0. The number of hydrogen-bond donors (Lipinski definition) is 1. The van der Waals surface area contributed by atoms with Crippen LogP contribution in [-0.2, 0) is 57.0 Å². The maximum atomic E-state index is 12.6. The maximum Gasteiger partial charge on any atom is 0.340 e. The van der Waals surface area contributed by atoms with Gasteiger partial charge in [0, 0.05) is 84.3 Å². The van der Waals surface area contributed by atoms with Crippen molar-refractivity contribution in [2.45, 2.75) is 222 Å². The van der Waals surface area contributed by atoms with E-state index in [-0.39, 0.29) is 54.4 Å². The molecule has 15 nitrogen and oxygen atoms in total. The standard InChI is InChI=1S/C27H49NO6.C26H47NO7/c1-13-16(2)15-27(9,30-12)23(19(5)22-20(6)24(29)34-26(7,8)33-22)32-25-18(4)21(28(10)11)14-17(3)31-25;1-15(14-28)13-26(8,30-11)22(18(4)21-19(5)23(29)34-25(6,7)33-21)32-24-17(3)20(27(9)10)12-16(2)31-24/h16-19,21,23,25H,13-15H2,1-12H3;15-18,20,22,24,28H,12-14H2,1-11H3/t16-,17+,18+,19-,21?,23+,25-,27+;15-,16-,17-,18+,20?,22-,24+,26-/m01/s1. The number of carbonyl (C=O) groups is 2. The van der Waals surface area contributed by atoms with Crippen molar-refractivity contribution in [3.63, 3.8) is 0 Å². The summed E-state index contributed by atoms with van der Waals surface area (Å²) >= 11 is 0. The van der Waals surface area contributed by atoms with E-state index in [9.17, 15) is 14.7 Å². The topological polar surface area (TPSA) is 153 Å². The molecule has 4 heterocycles. The first-order valence-corrected chi connectivity index (χ1v) is 25.2. The number of esters is 2. The zero-order valence-electron chi connectivity index (χ0n) is 46.6.